The lowest BCUT2D eigenvalue weighted by molar-refractivity contribution is -0.140. The van der Waals surface area contributed by atoms with E-state index in [1.807, 2.05) is 60.7 Å². The number of hydrogen-bond acceptors (Lipinski definition) is 8. The average molecular weight is 676 g/mol. The number of ether oxygens (including phenoxy) is 3. The molecule has 49 heavy (non-hydrogen) atoms. The van der Waals surface area contributed by atoms with Crippen molar-refractivity contribution in [2.45, 2.75) is 38.0 Å². The highest BCUT2D eigenvalue weighted by atomic mass is 35.5. The van der Waals surface area contributed by atoms with Crippen LogP contribution in [-0.4, -0.2) is 43.4 Å². The summed E-state index contributed by atoms with van der Waals surface area (Å²) < 4.78 is 17.6. The first-order chi connectivity index (χ1) is 24.0. The fraction of sp³-hybridized carbons (Fsp3) is 0.250. The first-order valence-electron chi connectivity index (χ1n) is 16.2. The van der Waals surface area contributed by atoms with Crippen molar-refractivity contribution in [3.8, 4) is 6.07 Å². The number of carbonyl (C=O) groups is 2. The largest absolute Gasteiger partial charge is 0.462 e. The van der Waals surface area contributed by atoms with E-state index in [1.165, 1.54) is 0 Å². The van der Waals surface area contributed by atoms with Crippen LogP contribution in [0.5, 0.6) is 0 Å². The summed E-state index contributed by atoms with van der Waals surface area (Å²) >= 11 is 6.44. The summed E-state index contributed by atoms with van der Waals surface area (Å²) in [7, 11) is 0. The minimum absolute atomic E-state index is 0.00110. The van der Waals surface area contributed by atoms with E-state index in [1.54, 1.807) is 37.5 Å². The van der Waals surface area contributed by atoms with Gasteiger partial charge in [-0.15, -0.1) is 0 Å². The molecule has 5 rings (SSSR count). The van der Waals surface area contributed by atoms with E-state index < -0.39 is 17.9 Å². The number of dihydropyridines is 1. The summed E-state index contributed by atoms with van der Waals surface area (Å²) in [6.45, 7) is 2.25. The van der Waals surface area contributed by atoms with Gasteiger partial charge in [0.25, 0.3) is 0 Å². The van der Waals surface area contributed by atoms with Crippen LogP contribution in [0.2, 0.25) is 5.02 Å². The zero-order chi connectivity index (χ0) is 34.4. The molecule has 250 valence electrons. The molecule has 1 N–H and O–H groups in total. The molecule has 9 heteroatoms. The molecule has 0 amide bonds. The number of carbonyl (C=O) groups excluding carboxylic acids is 2. The van der Waals surface area contributed by atoms with Crippen molar-refractivity contribution in [2.75, 3.05) is 26.4 Å². The Balaban J connectivity index is 1.45. The van der Waals surface area contributed by atoms with Crippen molar-refractivity contribution >= 4 is 23.5 Å². The number of benzene rings is 3. The molecule has 0 bridgehead atoms. The molecule has 3 aromatic carbocycles. The van der Waals surface area contributed by atoms with E-state index in [-0.39, 0.29) is 43.3 Å². The predicted molar refractivity (Wildman–Crippen MR) is 187 cm³/mol. The lowest BCUT2D eigenvalue weighted by atomic mass is 9.80. The van der Waals surface area contributed by atoms with Gasteiger partial charge >= 0.3 is 11.9 Å². The van der Waals surface area contributed by atoms with Gasteiger partial charge in [-0.3, -0.25) is 4.98 Å². The van der Waals surface area contributed by atoms with Crippen LogP contribution in [0, 0.1) is 11.3 Å². The smallest absolute Gasteiger partial charge is 0.336 e. The molecule has 4 aromatic rings. The second-order valence-corrected chi connectivity index (χ2v) is 12.0. The highest BCUT2D eigenvalue weighted by Gasteiger charge is 2.39. The number of allylic oxidation sites excluding steroid dienone is 1. The number of hydrogen-bond donors (Lipinski definition) is 1. The van der Waals surface area contributed by atoms with Crippen LogP contribution in [0.15, 0.2) is 132 Å². The number of pyridine rings is 1. The average Bonchev–Trinajstić information content (AvgIpc) is 3.12. The van der Waals surface area contributed by atoms with E-state index in [9.17, 15) is 9.59 Å². The standard InChI is InChI=1S/C40H38ClN3O5/c1-28-36(39(45)48-23-9-20-42)37(32-14-8-15-33(41)26-32)38(35(44-28)27-47-24-18-29-16-21-43-22-17-29)40(46)49-25-19-34(30-10-4-2-5-11-30)31-12-6-3-7-13-31/h2-8,10-17,21-22,26,34,37,44H,9,18-19,23-25,27H2,1H3. The molecule has 1 aromatic heterocycles. The molecule has 8 nitrogen and oxygen atoms in total. The second kappa shape index (κ2) is 17.8. The normalized spacial score (nSPS) is 14.3. The Labute approximate surface area is 292 Å². The van der Waals surface area contributed by atoms with E-state index in [2.05, 4.69) is 34.6 Å². The van der Waals surface area contributed by atoms with Crippen molar-refractivity contribution < 1.29 is 23.8 Å². The maximum atomic E-state index is 14.3. The van der Waals surface area contributed by atoms with Crippen molar-refractivity contribution in [1.29, 1.82) is 5.26 Å². The molecule has 0 aliphatic carbocycles. The monoisotopic (exact) mass is 675 g/mol. The van der Waals surface area contributed by atoms with Crippen LogP contribution in [0.1, 0.15) is 53.9 Å². The van der Waals surface area contributed by atoms with Crippen LogP contribution in [0.4, 0.5) is 0 Å². The Morgan fingerprint density at radius 1 is 0.857 bits per heavy atom. The summed E-state index contributed by atoms with van der Waals surface area (Å²) in [5.74, 6) is -2.08. The predicted octanol–water partition coefficient (Wildman–Crippen LogP) is 7.43. The van der Waals surface area contributed by atoms with Gasteiger partial charge in [0, 0.05) is 29.0 Å². The maximum Gasteiger partial charge on any atom is 0.336 e. The lowest BCUT2D eigenvalue weighted by Crippen LogP contribution is -2.35. The molecule has 1 aliphatic heterocycles. The quantitative estimate of drug-likeness (QED) is 0.102. The number of nitriles is 1. The van der Waals surface area contributed by atoms with Crippen LogP contribution >= 0.6 is 11.6 Å². The SMILES string of the molecule is CC1=C(C(=O)OCCC#N)C(c2cccc(Cl)c2)C(C(=O)OCCC(c2ccccc2)c2ccccc2)=C(COCCc2ccncc2)N1. The van der Waals surface area contributed by atoms with Crippen LogP contribution in [-0.2, 0) is 30.2 Å². The van der Waals surface area contributed by atoms with Crippen molar-refractivity contribution in [1.82, 2.24) is 10.3 Å². The third-order valence-electron chi connectivity index (χ3n) is 8.29. The molecule has 0 saturated carbocycles. The van der Waals surface area contributed by atoms with E-state index in [4.69, 9.17) is 31.1 Å². The minimum Gasteiger partial charge on any atom is -0.462 e. The fourth-order valence-electron chi connectivity index (χ4n) is 5.97. The van der Waals surface area contributed by atoms with Gasteiger partial charge in [-0.25, -0.2) is 9.59 Å². The van der Waals surface area contributed by atoms with Gasteiger partial charge in [0.2, 0.25) is 0 Å². The Morgan fingerprint density at radius 2 is 1.51 bits per heavy atom. The van der Waals surface area contributed by atoms with Gasteiger partial charge in [-0.05, 0) is 66.3 Å². The summed E-state index contributed by atoms with van der Waals surface area (Å²) in [5.41, 5.74) is 5.38. The van der Waals surface area contributed by atoms with Crippen molar-refractivity contribution in [2.24, 2.45) is 0 Å². The van der Waals surface area contributed by atoms with Crippen LogP contribution < -0.4 is 5.32 Å². The molecule has 1 unspecified atom stereocenters. The number of aromatic nitrogens is 1. The number of halogens is 1. The highest BCUT2D eigenvalue weighted by molar-refractivity contribution is 6.30. The highest BCUT2D eigenvalue weighted by Crippen LogP contribution is 2.40. The number of nitrogens with one attached hydrogen (secondary N) is 1. The third kappa shape index (κ3) is 9.44. The molecular weight excluding hydrogens is 638 g/mol. The topological polar surface area (TPSA) is 111 Å². The van der Waals surface area contributed by atoms with Gasteiger partial charge in [-0.2, -0.15) is 5.26 Å². The Hall–Kier alpha value is -5.23. The van der Waals surface area contributed by atoms with E-state index in [0.717, 1.165) is 16.7 Å². The maximum absolute atomic E-state index is 14.3. The Bertz CT molecular complexity index is 1780. The van der Waals surface area contributed by atoms with Gasteiger partial charge in [-0.1, -0.05) is 84.4 Å². The number of nitrogens with zero attached hydrogens (tertiary/aromatic N) is 2. The zero-order valence-electron chi connectivity index (χ0n) is 27.3. The van der Waals surface area contributed by atoms with Gasteiger partial charge in [0.1, 0.15) is 6.61 Å². The van der Waals surface area contributed by atoms with Crippen molar-refractivity contribution in [3.63, 3.8) is 0 Å². The van der Waals surface area contributed by atoms with Crippen molar-refractivity contribution in [3.05, 3.63) is 159 Å². The zero-order valence-corrected chi connectivity index (χ0v) is 28.1. The molecule has 0 fully saturated rings. The summed E-state index contributed by atoms with van der Waals surface area (Å²) in [6, 6.07) is 33.1. The summed E-state index contributed by atoms with van der Waals surface area (Å²) in [5, 5.41) is 12.7. The van der Waals surface area contributed by atoms with E-state index in [0.29, 0.717) is 41.4 Å². The van der Waals surface area contributed by atoms with Gasteiger partial charge < -0.3 is 19.5 Å². The molecule has 1 aliphatic rings. The Morgan fingerprint density at radius 3 is 2.16 bits per heavy atom. The molecular formula is C40H38ClN3O5. The molecule has 0 radical (unpaired) electrons. The number of rotatable bonds is 15. The van der Waals surface area contributed by atoms with Gasteiger partial charge in [0.15, 0.2) is 0 Å². The van der Waals surface area contributed by atoms with Crippen LogP contribution in [0.3, 0.4) is 0 Å². The van der Waals surface area contributed by atoms with E-state index >= 15 is 0 Å². The fourth-order valence-corrected chi connectivity index (χ4v) is 6.16. The molecule has 0 spiro atoms. The summed E-state index contributed by atoms with van der Waals surface area (Å²) in [4.78, 5) is 31.9. The molecule has 2 heterocycles. The number of esters is 2. The minimum atomic E-state index is -0.861. The Kier molecular flexibility index (Phi) is 12.7. The summed E-state index contributed by atoms with van der Waals surface area (Å²) in [6.07, 6.45) is 4.70. The van der Waals surface area contributed by atoms with Gasteiger partial charge in [0.05, 0.1) is 55.1 Å². The van der Waals surface area contributed by atoms with Crippen LogP contribution in [0.25, 0.3) is 0 Å². The first-order valence-corrected chi connectivity index (χ1v) is 16.6. The first kappa shape index (κ1) is 35.1. The molecule has 1 atom stereocenters. The third-order valence-corrected chi connectivity index (χ3v) is 8.52. The molecule has 0 saturated heterocycles. The lowest BCUT2D eigenvalue weighted by Gasteiger charge is -2.32. The second-order valence-electron chi connectivity index (χ2n) is 11.5.